The molecule has 0 amide bonds. The standard InChI is InChI=1S/C55H39NS/c1-55(2)49-24-10-8-21-45(49)46-31-30-42(35-50(46)55)56(41-19-12-18-39(34-41)36-14-4-3-5-15-36)40-28-26-38(27-29-40)44-32-33-52-54(48-22-9-11-25-51(48)57-52)53(44)47-23-13-17-37-16-6-7-20-43(37)47/h3-35H,1-2H3. The summed E-state index contributed by atoms with van der Waals surface area (Å²) in [5.74, 6) is 0. The second-order valence-electron chi connectivity index (χ2n) is 15.7. The van der Waals surface area contributed by atoms with Crippen LogP contribution in [-0.2, 0) is 5.41 Å². The fourth-order valence-electron chi connectivity index (χ4n) is 9.30. The minimum Gasteiger partial charge on any atom is -0.310 e. The molecule has 0 radical (unpaired) electrons. The van der Waals surface area contributed by atoms with Crippen LogP contribution in [0.4, 0.5) is 17.1 Å². The molecule has 57 heavy (non-hydrogen) atoms. The monoisotopic (exact) mass is 745 g/mol. The van der Waals surface area contributed by atoms with Crippen LogP contribution in [0.3, 0.4) is 0 Å². The Morgan fingerprint density at radius 3 is 1.89 bits per heavy atom. The van der Waals surface area contributed by atoms with E-state index >= 15 is 0 Å². The van der Waals surface area contributed by atoms with E-state index in [1.807, 2.05) is 11.3 Å². The number of thiophene rings is 1. The molecule has 2 heteroatoms. The summed E-state index contributed by atoms with van der Waals surface area (Å²) in [6, 6.07) is 73.9. The number of rotatable bonds is 6. The Morgan fingerprint density at radius 1 is 0.386 bits per heavy atom. The Balaban J connectivity index is 1.09. The van der Waals surface area contributed by atoms with Crippen molar-refractivity contribution in [2.24, 2.45) is 0 Å². The SMILES string of the molecule is CC1(C)c2ccccc2-c2ccc(N(c3ccc(-c4ccc5sc6ccccc6c5c4-c4cccc5ccccc45)cc3)c3cccc(-c4ccccc4)c3)cc21. The smallest absolute Gasteiger partial charge is 0.0467 e. The highest BCUT2D eigenvalue weighted by molar-refractivity contribution is 7.26. The van der Waals surface area contributed by atoms with Gasteiger partial charge in [0.15, 0.2) is 0 Å². The molecule has 1 aliphatic rings. The van der Waals surface area contributed by atoms with Gasteiger partial charge in [0.1, 0.15) is 0 Å². The molecule has 0 atom stereocenters. The van der Waals surface area contributed by atoms with Gasteiger partial charge in [0.05, 0.1) is 0 Å². The van der Waals surface area contributed by atoms with E-state index in [1.165, 1.54) is 86.6 Å². The summed E-state index contributed by atoms with van der Waals surface area (Å²) in [4.78, 5) is 2.43. The van der Waals surface area contributed by atoms with Crippen LogP contribution >= 0.6 is 11.3 Å². The Hall–Kier alpha value is -6.74. The molecule has 0 aliphatic heterocycles. The minimum absolute atomic E-state index is 0.105. The van der Waals surface area contributed by atoms with Crippen LogP contribution in [0, 0.1) is 0 Å². The van der Waals surface area contributed by atoms with Gasteiger partial charge in [-0.2, -0.15) is 0 Å². The molecule has 0 saturated heterocycles. The van der Waals surface area contributed by atoms with Crippen molar-refractivity contribution in [3.63, 3.8) is 0 Å². The van der Waals surface area contributed by atoms with Gasteiger partial charge in [0, 0.05) is 42.6 Å². The van der Waals surface area contributed by atoms with E-state index in [0.717, 1.165) is 17.1 Å². The van der Waals surface area contributed by atoms with Crippen molar-refractivity contribution >= 4 is 59.3 Å². The zero-order valence-electron chi connectivity index (χ0n) is 31.9. The lowest BCUT2D eigenvalue weighted by Crippen LogP contribution is -2.16. The van der Waals surface area contributed by atoms with Gasteiger partial charge in [-0.1, -0.05) is 166 Å². The van der Waals surface area contributed by atoms with E-state index in [-0.39, 0.29) is 5.41 Å². The van der Waals surface area contributed by atoms with E-state index in [9.17, 15) is 0 Å². The number of hydrogen-bond acceptors (Lipinski definition) is 2. The molecule has 10 aromatic rings. The molecule has 0 N–H and O–H groups in total. The van der Waals surface area contributed by atoms with Crippen molar-refractivity contribution < 1.29 is 0 Å². The summed E-state index contributed by atoms with van der Waals surface area (Å²) in [6.45, 7) is 4.72. The Morgan fingerprint density at radius 2 is 1.02 bits per heavy atom. The average molecular weight is 746 g/mol. The zero-order valence-corrected chi connectivity index (χ0v) is 32.7. The first-order chi connectivity index (χ1) is 28.0. The maximum Gasteiger partial charge on any atom is 0.0467 e. The third kappa shape index (κ3) is 5.44. The quantitative estimate of drug-likeness (QED) is 0.164. The van der Waals surface area contributed by atoms with E-state index in [4.69, 9.17) is 0 Å². The number of hydrogen-bond donors (Lipinski definition) is 0. The van der Waals surface area contributed by atoms with Crippen LogP contribution < -0.4 is 4.90 Å². The van der Waals surface area contributed by atoms with Gasteiger partial charge in [0.25, 0.3) is 0 Å². The van der Waals surface area contributed by atoms with E-state index in [2.05, 4.69) is 219 Å². The predicted molar refractivity (Wildman–Crippen MR) is 245 cm³/mol. The predicted octanol–water partition coefficient (Wildman–Crippen LogP) is 16.0. The summed E-state index contributed by atoms with van der Waals surface area (Å²) >= 11 is 1.88. The first-order valence-corrected chi connectivity index (χ1v) is 20.6. The highest BCUT2D eigenvalue weighted by atomic mass is 32.1. The third-order valence-corrected chi connectivity index (χ3v) is 13.2. The lowest BCUT2D eigenvalue weighted by Gasteiger charge is -2.28. The van der Waals surface area contributed by atoms with Crippen molar-refractivity contribution in [3.8, 4) is 44.5 Å². The maximum atomic E-state index is 2.43. The molecule has 0 fully saturated rings. The Kier molecular flexibility index (Phi) is 7.77. The molecule has 11 rings (SSSR count). The van der Waals surface area contributed by atoms with Gasteiger partial charge < -0.3 is 4.90 Å². The van der Waals surface area contributed by atoms with Gasteiger partial charge in [-0.05, 0) is 115 Å². The van der Waals surface area contributed by atoms with Gasteiger partial charge in [-0.25, -0.2) is 0 Å². The fraction of sp³-hybridized carbons (Fsp3) is 0.0545. The molecule has 0 unspecified atom stereocenters. The van der Waals surface area contributed by atoms with Crippen LogP contribution in [0.2, 0.25) is 0 Å². The Bertz CT molecular complexity index is 3150. The largest absolute Gasteiger partial charge is 0.310 e. The summed E-state index contributed by atoms with van der Waals surface area (Å²) in [7, 11) is 0. The summed E-state index contributed by atoms with van der Waals surface area (Å²) in [5, 5.41) is 5.16. The second-order valence-corrected chi connectivity index (χ2v) is 16.8. The first-order valence-electron chi connectivity index (χ1n) is 19.8. The minimum atomic E-state index is -0.105. The van der Waals surface area contributed by atoms with Crippen molar-refractivity contribution in [1.82, 2.24) is 0 Å². The summed E-state index contributed by atoms with van der Waals surface area (Å²) < 4.78 is 2.63. The highest BCUT2D eigenvalue weighted by Crippen LogP contribution is 2.51. The average Bonchev–Trinajstić information content (AvgIpc) is 3.76. The molecule has 1 nitrogen and oxygen atoms in total. The van der Waals surface area contributed by atoms with Gasteiger partial charge in [0.2, 0.25) is 0 Å². The van der Waals surface area contributed by atoms with E-state index in [1.54, 1.807) is 0 Å². The van der Waals surface area contributed by atoms with Crippen LogP contribution in [0.5, 0.6) is 0 Å². The third-order valence-electron chi connectivity index (χ3n) is 12.1. The van der Waals surface area contributed by atoms with Crippen molar-refractivity contribution in [3.05, 3.63) is 211 Å². The maximum absolute atomic E-state index is 2.43. The van der Waals surface area contributed by atoms with Crippen molar-refractivity contribution in [2.45, 2.75) is 19.3 Å². The van der Waals surface area contributed by atoms with Crippen LogP contribution in [0.1, 0.15) is 25.0 Å². The number of fused-ring (bicyclic) bond motifs is 7. The topological polar surface area (TPSA) is 3.24 Å². The molecule has 1 heterocycles. The molecule has 0 bridgehead atoms. The molecule has 1 aromatic heterocycles. The molecular weight excluding hydrogens is 707 g/mol. The number of benzene rings is 9. The molecule has 270 valence electrons. The van der Waals surface area contributed by atoms with Crippen LogP contribution in [0.15, 0.2) is 200 Å². The van der Waals surface area contributed by atoms with Gasteiger partial charge >= 0.3 is 0 Å². The second kappa shape index (κ2) is 13.2. The molecule has 0 saturated carbocycles. The van der Waals surface area contributed by atoms with Gasteiger partial charge in [-0.3, -0.25) is 0 Å². The number of nitrogens with zero attached hydrogens (tertiary/aromatic N) is 1. The summed E-state index contributed by atoms with van der Waals surface area (Å²) in [6.07, 6.45) is 0. The lowest BCUT2D eigenvalue weighted by atomic mass is 9.82. The lowest BCUT2D eigenvalue weighted by molar-refractivity contribution is 0.660. The summed E-state index contributed by atoms with van der Waals surface area (Å²) in [5.41, 5.74) is 16.1. The van der Waals surface area contributed by atoms with Crippen molar-refractivity contribution in [1.29, 1.82) is 0 Å². The highest BCUT2D eigenvalue weighted by Gasteiger charge is 2.35. The molecule has 0 spiro atoms. The van der Waals surface area contributed by atoms with E-state index in [0.29, 0.717) is 0 Å². The van der Waals surface area contributed by atoms with Crippen LogP contribution in [-0.4, -0.2) is 0 Å². The van der Waals surface area contributed by atoms with Crippen LogP contribution in [0.25, 0.3) is 75.5 Å². The fourth-order valence-corrected chi connectivity index (χ4v) is 10.4. The normalized spacial score (nSPS) is 12.9. The van der Waals surface area contributed by atoms with Crippen molar-refractivity contribution in [2.75, 3.05) is 4.90 Å². The molecule has 1 aliphatic carbocycles. The molecule has 9 aromatic carbocycles. The Labute approximate surface area is 337 Å². The van der Waals surface area contributed by atoms with Gasteiger partial charge in [-0.15, -0.1) is 11.3 Å². The van der Waals surface area contributed by atoms with E-state index < -0.39 is 0 Å². The zero-order chi connectivity index (χ0) is 38.1. The number of anilines is 3. The molecular formula is C55H39NS. The first kappa shape index (κ1) is 33.6.